The van der Waals surface area contributed by atoms with E-state index in [2.05, 4.69) is 20.4 Å². The number of carbonyl (C=O) groups is 1. The lowest BCUT2D eigenvalue weighted by molar-refractivity contribution is -0.137. The first-order chi connectivity index (χ1) is 17.8. The zero-order valence-electron chi connectivity index (χ0n) is 21.6. The summed E-state index contributed by atoms with van der Waals surface area (Å²) >= 11 is 0. The summed E-state index contributed by atoms with van der Waals surface area (Å²) in [6.07, 6.45) is 4.71. The summed E-state index contributed by atoms with van der Waals surface area (Å²) < 4.78 is 15.5. The van der Waals surface area contributed by atoms with Crippen LogP contribution in [-0.4, -0.2) is 71.5 Å². The summed E-state index contributed by atoms with van der Waals surface area (Å²) in [7, 11) is 3.51. The molecule has 0 aliphatic carbocycles. The molecule has 0 radical (unpaired) electrons. The highest BCUT2D eigenvalue weighted by Crippen LogP contribution is 2.34. The molecule has 1 atom stereocenters. The van der Waals surface area contributed by atoms with Gasteiger partial charge in [-0.2, -0.15) is 10.2 Å². The van der Waals surface area contributed by atoms with E-state index in [4.69, 9.17) is 9.47 Å². The molecule has 2 bridgehead atoms. The molecule has 4 aromatic rings. The Morgan fingerprint density at radius 1 is 1.27 bits per heavy atom. The number of ether oxygens (including phenoxy) is 2. The average Bonchev–Trinajstić information content (AvgIpc) is 3.52. The summed E-state index contributed by atoms with van der Waals surface area (Å²) in [4.78, 5) is 15.0. The van der Waals surface area contributed by atoms with Crippen LogP contribution in [0.2, 0.25) is 0 Å². The van der Waals surface area contributed by atoms with Gasteiger partial charge in [0.25, 0.3) is 5.91 Å². The Labute approximate surface area is 214 Å². The zero-order valence-corrected chi connectivity index (χ0v) is 21.6. The summed E-state index contributed by atoms with van der Waals surface area (Å²) in [6.45, 7) is 5.99. The van der Waals surface area contributed by atoms with Gasteiger partial charge in [-0.1, -0.05) is 6.07 Å². The fraction of sp³-hybridized carbons (Fsp3) is 0.385. The molecular weight excluding hydrogens is 474 g/mol. The lowest BCUT2D eigenvalue weighted by Gasteiger charge is -2.23. The molecule has 0 fully saturated rings. The van der Waals surface area contributed by atoms with Crippen molar-refractivity contribution in [1.82, 2.24) is 34.7 Å². The maximum Gasteiger partial charge on any atom is 0.263 e. The minimum absolute atomic E-state index is 0.104. The van der Waals surface area contributed by atoms with Gasteiger partial charge in [-0.05, 0) is 50.6 Å². The number of aliphatic hydroxyl groups excluding tert-OH is 1. The van der Waals surface area contributed by atoms with Crippen LogP contribution >= 0.6 is 0 Å². The summed E-state index contributed by atoms with van der Waals surface area (Å²) in [5, 5.41) is 27.2. The molecule has 0 spiro atoms. The number of nitrogens with zero attached hydrogens (tertiary/aromatic N) is 6. The highest BCUT2D eigenvalue weighted by Gasteiger charge is 2.26. The topological polar surface area (TPSA) is 123 Å². The van der Waals surface area contributed by atoms with E-state index in [1.165, 1.54) is 0 Å². The quantitative estimate of drug-likeness (QED) is 0.437. The van der Waals surface area contributed by atoms with Crippen molar-refractivity contribution >= 4 is 29.0 Å². The molecule has 2 N–H and O–H groups in total. The number of hydrogen-bond acceptors (Lipinski definition) is 7. The van der Waals surface area contributed by atoms with Gasteiger partial charge in [-0.15, -0.1) is 5.10 Å². The molecule has 1 aromatic carbocycles. The first kappa shape index (κ1) is 24.6. The molecule has 0 unspecified atom stereocenters. The third-order valence-corrected chi connectivity index (χ3v) is 6.32. The maximum atomic E-state index is 13.4. The molecule has 0 saturated carbocycles. The van der Waals surface area contributed by atoms with Crippen LogP contribution in [0, 0.1) is 0 Å². The van der Waals surface area contributed by atoms with E-state index in [0.29, 0.717) is 11.8 Å². The number of fused-ring (bicyclic) bond motifs is 4. The molecule has 11 heteroatoms. The van der Waals surface area contributed by atoms with Gasteiger partial charge < -0.3 is 19.5 Å². The van der Waals surface area contributed by atoms with Gasteiger partial charge in [-0.3, -0.25) is 14.6 Å². The number of rotatable bonds is 4. The van der Waals surface area contributed by atoms with Gasteiger partial charge >= 0.3 is 0 Å². The minimum atomic E-state index is -0.767. The largest absolute Gasteiger partial charge is 0.473 e. The van der Waals surface area contributed by atoms with Gasteiger partial charge in [0, 0.05) is 19.5 Å². The van der Waals surface area contributed by atoms with Crippen LogP contribution in [-0.2, 0) is 24.9 Å². The molecule has 11 nitrogen and oxygen atoms in total. The number of likely N-dealkylation sites (N-methyl/N-ethyl adjacent to an activating group) is 1. The number of carbonyl (C=O) groups excluding carboxylic acids is 1. The fourth-order valence-electron chi connectivity index (χ4n) is 4.50. The number of hydrogen-bond donors (Lipinski definition) is 2. The monoisotopic (exact) mass is 505 g/mol. The Balaban J connectivity index is 1.72. The predicted molar refractivity (Wildman–Crippen MR) is 139 cm³/mol. The second-order valence-corrected chi connectivity index (χ2v) is 9.42. The molecule has 1 aliphatic rings. The van der Waals surface area contributed by atoms with Crippen LogP contribution < -0.4 is 9.47 Å². The highest BCUT2D eigenvalue weighted by molar-refractivity contribution is 5.93. The number of benzene rings is 1. The number of aryl methyl sites for hydroxylation is 1. The van der Waals surface area contributed by atoms with Gasteiger partial charge in [0.2, 0.25) is 11.8 Å². The highest BCUT2D eigenvalue weighted by atomic mass is 16.5. The summed E-state index contributed by atoms with van der Waals surface area (Å²) in [5.41, 5.74) is 4.78. The second-order valence-electron chi connectivity index (χ2n) is 9.42. The molecule has 5 rings (SSSR count). The first-order valence-corrected chi connectivity index (χ1v) is 12.2. The maximum absolute atomic E-state index is 13.4. The second kappa shape index (κ2) is 9.74. The number of aliphatic hydroxyl groups is 1. The van der Waals surface area contributed by atoms with Crippen molar-refractivity contribution in [2.75, 3.05) is 13.7 Å². The standard InChI is InChI=1S/C26H31N7O4/c1-15(2)36-24-18-7-9-22-19-12-17(6-8-21(19)28-29-22)20-13-27-32(5)26(20)37-16(3)25(35)31(4)14-23(18)33(30-24)10-11-34/h6-9,12-13,15-16,34H,10-11,14H2,1-5H3,(H,28,29)/b9-7+/t16-/m0/s1. The number of amides is 1. The normalized spacial score (nSPS) is 16.9. The Morgan fingerprint density at radius 3 is 2.84 bits per heavy atom. The van der Waals surface area contributed by atoms with Crippen molar-refractivity contribution < 1.29 is 19.4 Å². The van der Waals surface area contributed by atoms with Crippen molar-refractivity contribution in [3.63, 3.8) is 0 Å². The van der Waals surface area contributed by atoms with Crippen LogP contribution in [0.4, 0.5) is 0 Å². The Morgan fingerprint density at radius 2 is 2.08 bits per heavy atom. The number of aromatic amines is 1. The lowest BCUT2D eigenvalue weighted by atomic mass is 10.1. The minimum Gasteiger partial charge on any atom is -0.473 e. The SMILES string of the molecule is CC(C)Oc1nn(CCO)c2c1/C=C/c1[nH]nc3ccc(cc13)-c1cnn(C)c1O[C@@H](C)C(=O)N(C)C2. The fourth-order valence-corrected chi connectivity index (χ4v) is 4.50. The third-order valence-electron chi connectivity index (χ3n) is 6.32. The van der Waals surface area contributed by atoms with Crippen molar-refractivity contribution in [2.45, 2.75) is 46.1 Å². The van der Waals surface area contributed by atoms with E-state index in [-0.39, 0.29) is 31.7 Å². The van der Waals surface area contributed by atoms with E-state index in [9.17, 15) is 9.90 Å². The van der Waals surface area contributed by atoms with Crippen LogP contribution in [0.3, 0.4) is 0 Å². The molecule has 3 aromatic heterocycles. The van der Waals surface area contributed by atoms with Crippen molar-refractivity contribution in [1.29, 1.82) is 0 Å². The molecule has 1 amide bonds. The predicted octanol–water partition coefficient (Wildman–Crippen LogP) is 2.85. The van der Waals surface area contributed by atoms with Crippen LogP contribution in [0.5, 0.6) is 11.8 Å². The number of aromatic nitrogens is 6. The number of nitrogens with one attached hydrogen (secondary N) is 1. The van der Waals surface area contributed by atoms with Crippen LogP contribution in [0.25, 0.3) is 34.2 Å². The Kier molecular flexibility index (Phi) is 6.46. The van der Waals surface area contributed by atoms with E-state index < -0.39 is 6.10 Å². The molecule has 37 heavy (non-hydrogen) atoms. The summed E-state index contributed by atoms with van der Waals surface area (Å²) in [5.74, 6) is 0.736. The van der Waals surface area contributed by atoms with Gasteiger partial charge in [0.05, 0.1) is 60.0 Å². The molecule has 0 saturated heterocycles. The average molecular weight is 506 g/mol. The number of H-pyrrole nitrogens is 1. The zero-order chi connectivity index (χ0) is 26.3. The van der Waals surface area contributed by atoms with E-state index in [1.54, 1.807) is 41.5 Å². The first-order valence-electron chi connectivity index (χ1n) is 12.2. The Hall–Kier alpha value is -4.12. The molecular formula is C26H31N7O4. The molecule has 4 heterocycles. The third kappa shape index (κ3) is 4.57. The van der Waals surface area contributed by atoms with Gasteiger partial charge in [0.15, 0.2) is 6.10 Å². The van der Waals surface area contributed by atoms with Crippen molar-refractivity contribution in [3.05, 3.63) is 41.3 Å². The van der Waals surface area contributed by atoms with E-state index >= 15 is 0 Å². The van der Waals surface area contributed by atoms with E-state index in [0.717, 1.165) is 39.0 Å². The van der Waals surface area contributed by atoms with Gasteiger partial charge in [-0.25, -0.2) is 4.68 Å². The van der Waals surface area contributed by atoms with Crippen molar-refractivity contribution in [2.24, 2.45) is 7.05 Å². The summed E-state index contributed by atoms with van der Waals surface area (Å²) in [6, 6.07) is 5.93. The smallest absolute Gasteiger partial charge is 0.263 e. The Bertz CT molecular complexity index is 1480. The lowest BCUT2D eigenvalue weighted by Crippen LogP contribution is -2.38. The van der Waals surface area contributed by atoms with Crippen molar-refractivity contribution in [3.8, 4) is 22.9 Å². The molecule has 194 valence electrons. The van der Waals surface area contributed by atoms with E-state index in [1.807, 2.05) is 44.2 Å². The van der Waals surface area contributed by atoms with Crippen LogP contribution in [0.1, 0.15) is 37.7 Å². The molecule has 1 aliphatic heterocycles. The van der Waals surface area contributed by atoms with Crippen LogP contribution in [0.15, 0.2) is 24.4 Å². The van der Waals surface area contributed by atoms with Gasteiger partial charge in [0.1, 0.15) is 0 Å².